The number of nitrogens with one attached hydrogen (secondary N) is 2. The van der Waals surface area contributed by atoms with Crippen molar-refractivity contribution in [1.29, 1.82) is 0 Å². The average Bonchev–Trinajstić information content (AvgIpc) is 3.49. The lowest BCUT2D eigenvalue weighted by atomic mass is 10.2. The summed E-state index contributed by atoms with van der Waals surface area (Å²) in [6.45, 7) is 5.25. The summed E-state index contributed by atoms with van der Waals surface area (Å²) in [5.41, 5.74) is 0.840. The van der Waals surface area contributed by atoms with Crippen molar-refractivity contribution in [3.05, 3.63) is 42.2 Å². The summed E-state index contributed by atoms with van der Waals surface area (Å²) in [6, 6.07) is 8.91. The zero-order chi connectivity index (χ0) is 23.6. The van der Waals surface area contributed by atoms with Gasteiger partial charge in [-0.3, -0.25) is 14.2 Å². The first kappa shape index (κ1) is 24.2. The Labute approximate surface area is 196 Å². The molecule has 0 saturated carbocycles. The van der Waals surface area contributed by atoms with Crippen LogP contribution in [0.25, 0.3) is 11.6 Å². The fourth-order valence-electron chi connectivity index (χ4n) is 2.98. The molecule has 0 fully saturated rings. The summed E-state index contributed by atoms with van der Waals surface area (Å²) >= 11 is 1.31. The number of benzene rings is 1. The quantitative estimate of drug-likeness (QED) is 0.385. The van der Waals surface area contributed by atoms with Gasteiger partial charge in [0.05, 0.1) is 19.1 Å². The van der Waals surface area contributed by atoms with Crippen molar-refractivity contribution >= 4 is 23.6 Å². The lowest BCUT2D eigenvalue weighted by molar-refractivity contribution is -0.123. The number of amides is 2. The Bertz CT molecular complexity index is 1070. The minimum atomic E-state index is -0.205. The number of thioether (sulfide) groups is 1. The normalized spacial score (nSPS) is 10.6. The SMILES string of the molecule is CCNC(=O)COc1ccc(CNC(=O)CSc2nnc(-c3ccco3)n2CC)cc1OC. The second-order valence-electron chi connectivity index (χ2n) is 6.82. The van der Waals surface area contributed by atoms with E-state index in [-0.39, 0.29) is 24.2 Å². The number of carbonyl (C=O) groups is 2. The van der Waals surface area contributed by atoms with E-state index >= 15 is 0 Å². The third-order valence-electron chi connectivity index (χ3n) is 4.56. The molecule has 2 heterocycles. The molecule has 2 aromatic heterocycles. The van der Waals surface area contributed by atoms with Crippen molar-refractivity contribution in [2.75, 3.05) is 26.0 Å². The number of aromatic nitrogens is 3. The van der Waals surface area contributed by atoms with Crippen LogP contribution in [0.2, 0.25) is 0 Å². The van der Waals surface area contributed by atoms with Gasteiger partial charge < -0.3 is 24.5 Å². The van der Waals surface area contributed by atoms with Gasteiger partial charge in [0.1, 0.15) is 0 Å². The number of furan rings is 1. The van der Waals surface area contributed by atoms with E-state index in [1.54, 1.807) is 24.5 Å². The predicted octanol–water partition coefficient (Wildman–Crippen LogP) is 2.49. The molecular formula is C22H27N5O5S. The van der Waals surface area contributed by atoms with Crippen LogP contribution < -0.4 is 20.1 Å². The molecule has 0 aliphatic rings. The van der Waals surface area contributed by atoms with Gasteiger partial charge in [-0.15, -0.1) is 10.2 Å². The van der Waals surface area contributed by atoms with Crippen LogP contribution in [-0.2, 0) is 22.7 Å². The van der Waals surface area contributed by atoms with Crippen LogP contribution in [0.3, 0.4) is 0 Å². The van der Waals surface area contributed by atoms with E-state index in [9.17, 15) is 9.59 Å². The van der Waals surface area contributed by atoms with Gasteiger partial charge in [0, 0.05) is 19.6 Å². The van der Waals surface area contributed by atoms with Gasteiger partial charge in [0.2, 0.25) is 5.91 Å². The molecule has 0 unspecified atom stereocenters. The summed E-state index contributed by atoms with van der Waals surface area (Å²) < 4.78 is 18.2. The van der Waals surface area contributed by atoms with Gasteiger partial charge in [-0.05, 0) is 43.7 Å². The third-order valence-corrected chi connectivity index (χ3v) is 5.52. The van der Waals surface area contributed by atoms with Crippen molar-refractivity contribution in [2.45, 2.75) is 32.1 Å². The molecule has 0 bridgehead atoms. The van der Waals surface area contributed by atoms with Gasteiger partial charge in [0.25, 0.3) is 5.91 Å². The number of likely N-dealkylation sites (N-methyl/N-ethyl adjacent to an activating group) is 1. The smallest absolute Gasteiger partial charge is 0.257 e. The van der Waals surface area contributed by atoms with E-state index in [1.807, 2.05) is 30.5 Å². The van der Waals surface area contributed by atoms with E-state index in [0.717, 1.165) is 5.56 Å². The zero-order valence-electron chi connectivity index (χ0n) is 18.8. The molecule has 11 heteroatoms. The minimum Gasteiger partial charge on any atom is -0.493 e. The maximum absolute atomic E-state index is 12.4. The molecule has 0 atom stereocenters. The van der Waals surface area contributed by atoms with Crippen LogP contribution in [0.1, 0.15) is 19.4 Å². The number of hydrogen-bond donors (Lipinski definition) is 2. The molecule has 0 aliphatic heterocycles. The Balaban J connectivity index is 1.52. The van der Waals surface area contributed by atoms with Crippen molar-refractivity contribution in [3.8, 4) is 23.1 Å². The lowest BCUT2D eigenvalue weighted by Gasteiger charge is -2.12. The van der Waals surface area contributed by atoms with Crippen LogP contribution in [0.5, 0.6) is 11.5 Å². The average molecular weight is 474 g/mol. The summed E-state index contributed by atoms with van der Waals surface area (Å²) in [5, 5.41) is 14.6. The van der Waals surface area contributed by atoms with Crippen LogP contribution >= 0.6 is 11.8 Å². The monoisotopic (exact) mass is 473 g/mol. The lowest BCUT2D eigenvalue weighted by Crippen LogP contribution is -2.28. The Hall–Kier alpha value is -3.47. The Kier molecular flexibility index (Phi) is 8.76. The van der Waals surface area contributed by atoms with Gasteiger partial charge in [0.15, 0.2) is 34.8 Å². The molecule has 1 aromatic carbocycles. The molecule has 0 radical (unpaired) electrons. The first-order valence-corrected chi connectivity index (χ1v) is 11.5. The molecule has 10 nitrogen and oxygen atoms in total. The summed E-state index contributed by atoms with van der Waals surface area (Å²) in [6.07, 6.45) is 1.58. The Morgan fingerprint density at radius 1 is 1.12 bits per heavy atom. The molecule has 3 rings (SSSR count). The Morgan fingerprint density at radius 3 is 2.67 bits per heavy atom. The molecule has 0 saturated heterocycles. The minimum absolute atomic E-state index is 0.0957. The first-order chi connectivity index (χ1) is 16.0. The number of hydrogen-bond acceptors (Lipinski definition) is 8. The molecule has 176 valence electrons. The maximum atomic E-state index is 12.4. The molecule has 0 spiro atoms. The molecule has 2 N–H and O–H groups in total. The molecule has 33 heavy (non-hydrogen) atoms. The fourth-order valence-corrected chi connectivity index (χ4v) is 3.82. The Morgan fingerprint density at radius 2 is 1.97 bits per heavy atom. The number of ether oxygens (including phenoxy) is 2. The standard InChI is InChI=1S/C22H27N5O5S/c1-4-23-19(28)13-32-16-9-8-15(11-18(16)30-3)12-24-20(29)14-33-22-26-25-21(27(22)5-2)17-7-6-10-31-17/h6-11H,4-5,12-14H2,1-3H3,(H,23,28)(H,24,29). The van der Waals surface area contributed by atoms with Gasteiger partial charge >= 0.3 is 0 Å². The highest BCUT2D eigenvalue weighted by Gasteiger charge is 2.16. The largest absolute Gasteiger partial charge is 0.493 e. The predicted molar refractivity (Wildman–Crippen MR) is 123 cm³/mol. The van der Waals surface area contributed by atoms with Crippen LogP contribution in [0.4, 0.5) is 0 Å². The number of methoxy groups -OCH3 is 1. The molecule has 3 aromatic rings. The number of carbonyl (C=O) groups excluding carboxylic acids is 2. The highest BCUT2D eigenvalue weighted by atomic mass is 32.2. The molecule has 2 amide bonds. The third kappa shape index (κ3) is 6.51. The fraction of sp³-hybridized carbons (Fsp3) is 0.364. The second kappa shape index (κ2) is 12.0. The van der Waals surface area contributed by atoms with Gasteiger partial charge in [-0.25, -0.2) is 0 Å². The summed E-state index contributed by atoms with van der Waals surface area (Å²) in [5.74, 6) is 2.06. The van der Waals surface area contributed by atoms with Crippen LogP contribution in [0.15, 0.2) is 46.2 Å². The van der Waals surface area contributed by atoms with E-state index in [1.165, 1.54) is 18.9 Å². The topological polar surface area (TPSA) is 121 Å². The van der Waals surface area contributed by atoms with Crippen LogP contribution in [0, 0.1) is 0 Å². The van der Waals surface area contributed by atoms with Crippen molar-refractivity contribution < 1.29 is 23.5 Å². The van der Waals surface area contributed by atoms with E-state index in [2.05, 4.69) is 20.8 Å². The number of nitrogens with zero attached hydrogens (tertiary/aromatic N) is 3. The van der Waals surface area contributed by atoms with Crippen molar-refractivity contribution in [3.63, 3.8) is 0 Å². The van der Waals surface area contributed by atoms with E-state index in [4.69, 9.17) is 13.9 Å². The second-order valence-corrected chi connectivity index (χ2v) is 7.76. The molecular weight excluding hydrogens is 446 g/mol. The van der Waals surface area contributed by atoms with E-state index < -0.39 is 0 Å². The van der Waals surface area contributed by atoms with Gasteiger partial charge in [-0.2, -0.15) is 0 Å². The highest BCUT2D eigenvalue weighted by Crippen LogP contribution is 2.28. The first-order valence-electron chi connectivity index (χ1n) is 10.5. The summed E-state index contributed by atoms with van der Waals surface area (Å²) in [4.78, 5) is 24.0. The van der Waals surface area contributed by atoms with Crippen LogP contribution in [-0.4, -0.2) is 52.6 Å². The van der Waals surface area contributed by atoms with Gasteiger partial charge in [-0.1, -0.05) is 17.8 Å². The number of rotatable bonds is 12. The zero-order valence-corrected chi connectivity index (χ0v) is 19.6. The highest BCUT2D eigenvalue weighted by molar-refractivity contribution is 7.99. The van der Waals surface area contributed by atoms with E-state index in [0.29, 0.717) is 47.9 Å². The summed E-state index contributed by atoms with van der Waals surface area (Å²) in [7, 11) is 1.52. The molecule has 0 aliphatic carbocycles. The van der Waals surface area contributed by atoms with Crippen molar-refractivity contribution in [1.82, 2.24) is 25.4 Å². The maximum Gasteiger partial charge on any atom is 0.257 e. The van der Waals surface area contributed by atoms with Crippen molar-refractivity contribution in [2.24, 2.45) is 0 Å².